The fourth-order valence-electron chi connectivity index (χ4n) is 2.23. The zero-order valence-electron chi connectivity index (χ0n) is 9.47. The van der Waals surface area contributed by atoms with Gasteiger partial charge in [0.05, 0.1) is 0 Å². The first kappa shape index (κ1) is 11.0. The zero-order valence-corrected chi connectivity index (χ0v) is 9.47. The second kappa shape index (κ2) is 4.45. The van der Waals surface area contributed by atoms with E-state index in [-0.39, 0.29) is 0 Å². The van der Waals surface area contributed by atoms with Gasteiger partial charge in [-0.3, -0.25) is 0 Å². The van der Waals surface area contributed by atoms with E-state index < -0.39 is 0 Å². The fraction of sp³-hybridized carbons (Fsp3) is 1.00. The predicted molar refractivity (Wildman–Crippen MR) is 58.6 cm³/mol. The molecule has 0 spiro atoms. The molecule has 0 bridgehead atoms. The first-order chi connectivity index (χ1) is 5.97. The van der Waals surface area contributed by atoms with E-state index in [0.717, 1.165) is 5.92 Å². The van der Waals surface area contributed by atoms with E-state index in [1.165, 1.54) is 38.5 Å². The van der Waals surface area contributed by atoms with Crippen molar-refractivity contribution in [1.29, 1.82) is 0 Å². The molecule has 1 rings (SSSR count). The molecular weight excluding hydrogens is 158 g/mol. The van der Waals surface area contributed by atoms with Gasteiger partial charge >= 0.3 is 0 Å². The molecule has 1 aliphatic carbocycles. The molecule has 0 amide bonds. The van der Waals surface area contributed by atoms with Crippen LogP contribution in [0.2, 0.25) is 0 Å². The van der Waals surface area contributed by atoms with Crippen LogP contribution in [0.4, 0.5) is 0 Å². The Hall–Kier alpha value is -0.0400. The van der Waals surface area contributed by atoms with Gasteiger partial charge in [-0.05, 0) is 37.0 Å². The third kappa shape index (κ3) is 4.66. The van der Waals surface area contributed by atoms with Crippen molar-refractivity contribution >= 4 is 0 Å². The maximum absolute atomic E-state index is 5.96. The van der Waals surface area contributed by atoms with Crippen LogP contribution in [0.5, 0.6) is 0 Å². The molecular formula is C12H25N. The summed E-state index contributed by atoms with van der Waals surface area (Å²) in [6.07, 6.45) is 8.05. The van der Waals surface area contributed by atoms with Crippen molar-refractivity contribution in [2.24, 2.45) is 17.1 Å². The molecule has 78 valence electrons. The Labute approximate surface area is 83.1 Å². The van der Waals surface area contributed by atoms with Crippen molar-refractivity contribution in [2.45, 2.75) is 65.3 Å². The van der Waals surface area contributed by atoms with Crippen molar-refractivity contribution in [3.8, 4) is 0 Å². The van der Waals surface area contributed by atoms with E-state index in [9.17, 15) is 0 Å². The number of nitrogens with two attached hydrogens (primary N) is 1. The van der Waals surface area contributed by atoms with Crippen molar-refractivity contribution in [1.82, 2.24) is 0 Å². The van der Waals surface area contributed by atoms with E-state index in [0.29, 0.717) is 11.5 Å². The van der Waals surface area contributed by atoms with Crippen LogP contribution in [0.1, 0.15) is 59.3 Å². The summed E-state index contributed by atoms with van der Waals surface area (Å²) in [6.45, 7) is 6.99. The van der Waals surface area contributed by atoms with Crippen LogP contribution in [0.3, 0.4) is 0 Å². The minimum Gasteiger partial charge on any atom is -0.328 e. The molecule has 0 heterocycles. The average molecular weight is 183 g/mol. The van der Waals surface area contributed by atoms with Gasteiger partial charge in [0.1, 0.15) is 0 Å². The van der Waals surface area contributed by atoms with Crippen LogP contribution in [0.25, 0.3) is 0 Å². The Bertz CT molecular complexity index is 146. The molecule has 2 N–H and O–H groups in total. The number of hydrogen-bond donors (Lipinski definition) is 1. The van der Waals surface area contributed by atoms with Gasteiger partial charge in [0.25, 0.3) is 0 Å². The third-order valence-electron chi connectivity index (χ3n) is 3.13. The molecule has 0 aromatic rings. The molecule has 1 nitrogen and oxygen atoms in total. The van der Waals surface area contributed by atoms with Gasteiger partial charge in [-0.1, -0.05) is 33.6 Å². The summed E-state index contributed by atoms with van der Waals surface area (Å²) in [4.78, 5) is 0. The molecule has 0 aromatic heterocycles. The normalized spacial score (nSPS) is 30.5. The monoisotopic (exact) mass is 183 g/mol. The zero-order chi connectivity index (χ0) is 9.90. The lowest BCUT2D eigenvalue weighted by Gasteiger charge is -2.29. The summed E-state index contributed by atoms with van der Waals surface area (Å²) in [5.74, 6) is 0.919. The van der Waals surface area contributed by atoms with Crippen LogP contribution < -0.4 is 5.73 Å². The van der Waals surface area contributed by atoms with Gasteiger partial charge in [0, 0.05) is 6.04 Å². The quantitative estimate of drug-likeness (QED) is 0.698. The smallest absolute Gasteiger partial charge is 0.00414 e. The van der Waals surface area contributed by atoms with Crippen LogP contribution in [0, 0.1) is 11.3 Å². The second-order valence-electron chi connectivity index (χ2n) is 5.89. The molecule has 0 radical (unpaired) electrons. The van der Waals surface area contributed by atoms with Crippen LogP contribution in [0.15, 0.2) is 0 Å². The molecule has 1 saturated carbocycles. The SMILES string of the molecule is CC(C)(C)CCC1CCCC(N)C1. The molecule has 1 heteroatoms. The maximum Gasteiger partial charge on any atom is 0.00414 e. The Kier molecular flexibility index (Phi) is 3.78. The van der Waals surface area contributed by atoms with E-state index >= 15 is 0 Å². The minimum atomic E-state index is 0.499. The summed E-state index contributed by atoms with van der Waals surface area (Å²) in [7, 11) is 0. The lowest BCUT2D eigenvalue weighted by molar-refractivity contribution is 0.258. The first-order valence-electron chi connectivity index (χ1n) is 5.73. The van der Waals surface area contributed by atoms with Gasteiger partial charge in [-0.25, -0.2) is 0 Å². The summed E-state index contributed by atoms with van der Waals surface area (Å²) < 4.78 is 0. The Balaban J connectivity index is 2.21. The van der Waals surface area contributed by atoms with Gasteiger partial charge in [-0.2, -0.15) is 0 Å². The second-order valence-corrected chi connectivity index (χ2v) is 5.89. The van der Waals surface area contributed by atoms with Crippen LogP contribution >= 0.6 is 0 Å². The highest BCUT2D eigenvalue weighted by Crippen LogP contribution is 2.31. The lowest BCUT2D eigenvalue weighted by atomic mass is 9.79. The topological polar surface area (TPSA) is 26.0 Å². The van der Waals surface area contributed by atoms with Crippen LogP contribution in [-0.2, 0) is 0 Å². The van der Waals surface area contributed by atoms with Gasteiger partial charge < -0.3 is 5.73 Å². The van der Waals surface area contributed by atoms with Crippen molar-refractivity contribution in [2.75, 3.05) is 0 Å². The van der Waals surface area contributed by atoms with Crippen molar-refractivity contribution in [3.63, 3.8) is 0 Å². The van der Waals surface area contributed by atoms with Gasteiger partial charge in [0.2, 0.25) is 0 Å². The van der Waals surface area contributed by atoms with E-state index in [1.807, 2.05) is 0 Å². The van der Waals surface area contributed by atoms with E-state index in [2.05, 4.69) is 20.8 Å². The van der Waals surface area contributed by atoms with Crippen LogP contribution in [-0.4, -0.2) is 6.04 Å². The summed E-state index contributed by atoms with van der Waals surface area (Å²) in [6, 6.07) is 0.499. The summed E-state index contributed by atoms with van der Waals surface area (Å²) in [5, 5.41) is 0. The van der Waals surface area contributed by atoms with Crippen molar-refractivity contribution < 1.29 is 0 Å². The molecule has 2 unspecified atom stereocenters. The number of hydrogen-bond acceptors (Lipinski definition) is 1. The standard InChI is InChI=1S/C12H25N/c1-12(2,3)8-7-10-5-4-6-11(13)9-10/h10-11H,4-9,13H2,1-3H3. The lowest BCUT2D eigenvalue weighted by Crippen LogP contribution is -2.28. The highest BCUT2D eigenvalue weighted by atomic mass is 14.6. The fourth-order valence-corrected chi connectivity index (χ4v) is 2.23. The summed E-state index contributed by atoms with van der Waals surface area (Å²) >= 11 is 0. The molecule has 1 fully saturated rings. The maximum atomic E-state index is 5.96. The van der Waals surface area contributed by atoms with Gasteiger partial charge in [0.15, 0.2) is 0 Å². The molecule has 0 saturated heterocycles. The summed E-state index contributed by atoms with van der Waals surface area (Å²) in [5.41, 5.74) is 6.47. The molecule has 2 atom stereocenters. The molecule has 13 heavy (non-hydrogen) atoms. The van der Waals surface area contributed by atoms with E-state index in [1.54, 1.807) is 0 Å². The Morgan fingerprint density at radius 1 is 1.23 bits per heavy atom. The largest absolute Gasteiger partial charge is 0.328 e. The predicted octanol–water partition coefficient (Wildman–Crippen LogP) is 3.33. The molecule has 0 aliphatic heterocycles. The van der Waals surface area contributed by atoms with Crippen molar-refractivity contribution in [3.05, 3.63) is 0 Å². The highest BCUT2D eigenvalue weighted by molar-refractivity contribution is 4.76. The Morgan fingerprint density at radius 2 is 1.92 bits per heavy atom. The highest BCUT2D eigenvalue weighted by Gasteiger charge is 2.21. The average Bonchev–Trinajstić information content (AvgIpc) is 2.00. The van der Waals surface area contributed by atoms with E-state index in [4.69, 9.17) is 5.73 Å². The third-order valence-corrected chi connectivity index (χ3v) is 3.13. The number of rotatable bonds is 2. The minimum absolute atomic E-state index is 0.499. The molecule has 0 aromatic carbocycles. The first-order valence-corrected chi connectivity index (χ1v) is 5.73. The van der Waals surface area contributed by atoms with Gasteiger partial charge in [-0.15, -0.1) is 0 Å². The Morgan fingerprint density at radius 3 is 2.46 bits per heavy atom. The molecule has 1 aliphatic rings.